The number of nitrogens with zero attached hydrogens (tertiary/aromatic N) is 3. The summed E-state index contributed by atoms with van der Waals surface area (Å²) < 4.78 is 0. The van der Waals surface area contributed by atoms with Crippen molar-refractivity contribution in [3.8, 4) is 0 Å². The van der Waals surface area contributed by atoms with Crippen LogP contribution in [0.2, 0.25) is 0 Å². The molecule has 1 aromatic heterocycles. The maximum Gasteiger partial charge on any atom is 0.354 e. The van der Waals surface area contributed by atoms with E-state index in [-0.39, 0.29) is 17.6 Å². The van der Waals surface area contributed by atoms with Crippen molar-refractivity contribution >= 4 is 11.9 Å². The normalized spacial score (nSPS) is 20.3. The SMILES string of the molecule is CC1CN(C)CCN1C(=O)c1ccc(C(=O)O)nc1. The van der Waals surface area contributed by atoms with Crippen molar-refractivity contribution in [2.75, 3.05) is 26.7 Å². The van der Waals surface area contributed by atoms with Crippen LogP contribution in [0.3, 0.4) is 0 Å². The van der Waals surface area contributed by atoms with Gasteiger partial charge in [0.15, 0.2) is 0 Å². The molecule has 1 aliphatic rings. The maximum atomic E-state index is 12.3. The smallest absolute Gasteiger partial charge is 0.354 e. The van der Waals surface area contributed by atoms with Crippen molar-refractivity contribution in [1.29, 1.82) is 0 Å². The van der Waals surface area contributed by atoms with Gasteiger partial charge in [0, 0.05) is 31.9 Å². The van der Waals surface area contributed by atoms with Gasteiger partial charge in [-0.15, -0.1) is 0 Å². The summed E-state index contributed by atoms with van der Waals surface area (Å²) in [5.74, 6) is -1.18. The molecule has 0 saturated carbocycles. The van der Waals surface area contributed by atoms with Gasteiger partial charge in [0.2, 0.25) is 0 Å². The molecule has 1 saturated heterocycles. The quantitative estimate of drug-likeness (QED) is 0.843. The Morgan fingerprint density at radius 3 is 2.63 bits per heavy atom. The van der Waals surface area contributed by atoms with Crippen LogP contribution < -0.4 is 0 Å². The van der Waals surface area contributed by atoms with Crippen molar-refractivity contribution in [3.63, 3.8) is 0 Å². The number of aromatic carboxylic acids is 1. The number of carbonyl (C=O) groups excluding carboxylic acids is 1. The number of piperazine rings is 1. The van der Waals surface area contributed by atoms with Crippen LogP contribution in [-0.4, -0.2) is 64.5 Å². The lowest BCUT2D eigenvalue weighted by Crippen LogP contribution is -2.52. The molecule has 0 aliphatic carbocycles. The molecule has 2 heterocycles. The molecule has 1 N–H and O–H groups in total. The zero-order chi connectivity index (χ0) is 14.0. The number of aromatic nitrogens is 1. The monoisotopic (exact) mass is 263 g/mol. The van der Waals surface area contributed by atoms with Crippen LogP contribution in [0.25, 0.3) is 0 Å². The second-order valence-corrected chi connectivity index (χ2v) is 4.85. The number of pyridine rings is 1. The van der Waals surface area contributed by atoms with E-state index in [1.807, 2.05) is 14.0 Å². The third-order valence-electron chi connectivity index (χ3n) is 3.32. The molecule has 1 amide bonds. The number of amides is 1. The van der Waals surface area contributed by atoms with E-state index < -0.39 is 5.97 Å². The summed E-state index contributed by atoms with van der Waals surface area (Å²) in [5.41, 5.74) is 0.379. The number of hydrogen-bond acceptors (Lipinski definition) is 4. The van der Waals surface area contributed by atoms with E-state index in [1.165, 1.54) is 18.3 Å². The number of hydrogen-bond donors (Lipinski definition) is 1. The summed E-state index contributed by atoms with van der Waals surface area (Å²) >= 11 is 0. The molecular weight excluding hydrogens is 246 g/mol. The average molecular weight is 263 g/mol. The minimum Gasteiger partial charge on any atom is -0.477 e. The third-order valence-corrected chi connectivity index (χ3v) is 3.32. The molecule has 19 heavy (non-hydrogen) atoms. The summed E-state index contributed by atoms with van der Waals surface area (Å²) in [6.07, 6.45) is 1.33. The number of carbonyl (C=O) groups is 2. The minimum atomic E-state index is -1.09. The molecule has 1 aromatic rings. The molecule has 102 valence electrons. The van der Waals surface area contributed by atoms with Crippen molar-refractivity contribution < 1.29 is 14.7 Å². The highest BCUT2D eigenvalue weighted by Crippen LogP contribution is 2.13. The van der Waals surface area contributed by atoms with Crippen LogP contribution in [0.4, 0.5) is 0 Å². The largest absolute Gasteiger partial charge is 0.477 e. The molecule has 0 aromatic carbocycles. The van der Waals surface area contributed by atoms with Crippen LogP contribution in [-0.2, 0) is 0 Å². The topological polar surface area (TPSA) is 73.7 Å². The van der Waals surface area contributed by atoms with Crippen molar-refractivity contribution in [3.05, 3.63) is 29.6 Å². The van der Waals surface area contributed by atoms with Gasteiger partial charge >= 0.3 is 5.97 Å². The van der Waals surface area contributed by atoms with E-state index in [2.05, 4.69) is 9.88 Å². The highest BCUT2D eigenvalue weighted by Gasteiger charge is 2.26. The summed E-state index contributed by atoms with van der Waals surface area (Å²) in [4.78, 5) is 30.8. The Morgan fingerprint density at radius 2 is 2.11 bits per heavy atom. The molecule has 6 heteroatoms. The van der Waals surface area contributed by atoms with E-state index in [0.29, 0.717) is 12.1 Å². The first kappa shape index (κ1) is 13.5. The van der Waals surface area contributed by atoms with E-state index in [9.17, 15) is 9.59 Å². The van der Waals surface area contributed by atoms with Crippen molar-refractivity contribution in [1.82, 2.24) is 14.8 Å². The molecule has 1 atom stereocenters. The van der Waals surface area contributed by atoms with Gasteiger partial charge in [-0.2, -0.15) is 0 Å². The van der Waals surface area contributed by atoms with E-state index in [0.717, 1.165) is 13.1 Å². The van der Waals surface area contributed by atoms with Crippen molar-refractivity contribution in [2.45, 2.75) is 13.0 Å². The Labute approximate surface area is 111 Å². The van der Waals surface area contributed by atoms with Crippen LogP contribution in [0.1, 0.15) is 27.8 Å². The molecular formula is C13H17N3O3. The Bertz CT molecular complexity index is 486. The third kappa shape index (κ3) is 2.90. The van der Waals surface area contributed by atoms with Gasteiger partial charge < -0.3 is 14.9 Å². The lowest BCUT2D eigenvalue weighted by molar-refractivity contribution is 0.0531. The number of carboxylic acid groups (broad SMARTS) is 1. The first-order valence-corrected chi connectivity index (χ1v) is 6.18. The van der Waals surface area contributed by atoms with Crippen LogP contribution in [0.15, 0.2) is 18.3 Å². The van der Waals surface area contributed by atoms with Gasteiger partial charge in [-0.1, -0.05) is 0 Å². The van der Waals surface area contributed by atoms with Gasteiger partial charge in [-0.3, -0.25) is 4.79 Å². The molecule has 1 unspecified atom stereocenters. The summed E-state index contributed by atoms with van der Waals surface area (Å²) in [5, 5.41) is 8.77. The van der Waals surface area contributed by atoms with E-state index in [1.54, 1.807) is 4.90 Å². The standard InChI is InChI=1S/C13H17N3O3/c1-9-8-15(2)5-6-16(9)12(17)10-3-4-11(13(18)19)14-7-10/h3-4,7,9H,5-6,8H2,1-2H3,(H,18,19). The summed E-state index contributed by atoms with van der Waals surface area (Å²) in [6.45, 7) is 4.37. The molecule has 0 bridgehead atoms. The number of carboxylic acids is 1. The van der Waals surface area contributed by atoms with Crippen LogP contribution in [0.5, 0.6) is 0 Å². The van der Waals surface area contributed by atoms with Gasteiger partial charge in [0.1, 0.15) is 5.69 Å². The lowest BCUT2D eigenvalue weighted by Gasteiger charge is -2.38. The highest BCUT2D eigenvalue weighted by molar-refractivity contribution is 5.95. The first-order valence-electron chi connectivity index (χ1n) is 6.18. The van der Waals surface area contributed by atoms with Crippen LogP contribution in [0, 0.1) is 0 Å². The summed E-state index contributed by atoms with van der Waals surface area (Å²) in [7, 11) is 2.03. The Balaban J connectivity index is 2.13. The molecule has 2 rings (SSSR count). The van der Waals surface area contributed by atoms with E-state index >= 15 is 0 Å². The van der Waals surface area contributed by atoms with Crippen molar-refractivity contribution in [2.24, 2.45) is 0 Å². The minimum absolute atomic E-state index is 0.0528. The first-order chi connectivity index (χ1) is 8.99. The predicted molar refractivity (Wildman–Crippen MR) is 69.2 cm³/mol. The average Bonchev–Trinajstić information content (AvgIpc) is 2.38. The fourth-order valence-electron chi connectivity index (χ4n) is 2.25. The second kappa shape index (κ2) is 5.36. The fourth-order valence-corrected chi connectivity index (χ4v) is 2.25. The predicted octanol–water partition coefficient (Wildman–Crippen LogP) is 0.556. The zero-order valence-electron chi connectivity index (χ0n) is 11.0. The van der Waals surface area contributed by atoms with Gasteiger partial charge in [-0.25, -0.2) is 9.78 Å². The van der Waals surface area contributed by atoms with Gasteiger partial charge in [-0.05, 0) is 26.1 Å². The molecule has 6 nitrogen and oxygen atoms in total. The zero-order valence-corrected chi connectivity index (χ0v) is 11.0. The fraction of sp³-hybridized carbons (Fsp3) is 0.462. The number of rotatable bonds is 2. The van der Waals surface area contributed by atoms with Crippen LogP contribution >= 0.6 is 0 Å². The molecule has 0 radical (unpaired) electrons. The van der Waals surface area contributed by atoms with Gasteiger partial charge in [0.25, 0.3) is 5.91 Å². The molecule has 1 fully saturated rings. The number of likely N-dealkylation sites (N-methyl/N-ethyl adjacent to an activating group) is 1. The van der Waals surface area contributed by atoms with Gasteiger partial charge in [0.05, 0.1) is 5.56 Å². The summed E-state index contributed by atoms with van der Waals surface area (Å²) in [6, 6.07) is 3.02. The Kier molecular flexibility index (Phi) is 3.80. The molecule has 0 spiro atoms. The Hall–Kier alpha value is -1.95. The molecule has 1 aliphatic heterocycles. The Morgan fingerprint density at radius 1 is 1.37 bits per heavy atom. The second-order valence-electron chi connectivity index (χ2n) is 4.85. The lowest BCUT2D eigenvalue weighted by atomic mass is 10.1. The maximum absolute atomic E-state index is 12.3. The van der Waals surface area contributed by atoms with E-state index in [4.69, 9.17) is 5.11 Å². The highest BCUT2D eigenvalue weighted by atomic mass is 16.4.